The van der Waals surface area contributed by atoms with E-state index >= 15 is 0 Å². The minimum atomic E-state index is 0.0630. The van der Waals surface area contributed by atoms with E-state index in [0.717, 1.165) is 51.7 Å². The molecular formula is C13H28N2O2. The topological polar surface area (TPSA) is 67.5 Å². The first-order valence-corrected chi connectivity index (χ1v) is 6.94. The fraction of sp³-hybridized carbons (Fsp3) is 1.00. The van der Waals surface area contributed by atoms with Crippen molar-refractivity contribution in [2.75, 3.05) is 26.3 Å². The molecule has 0 aromatic carbocycles. The van der Waals surface area contributed by atoms with Crippen LogP contribution in [0, 0.1) is 0 Å². The Morgan fingerprint density at radius 3 is 2.94 bits per heavy atom. The molecule has 1 rings (SSSR count). The van der Waals surface area contributed by atoms with Gasteiger partial charge < -0.3 is 20.9 Å². The fourth-order valence-corrected chi connectivity index (χ4v) is 2.53. The third-order valence-electron chi connectivity index (χ3n) is 3.64. The molecule has 2 atom stereocenters. The summed E-state index contributed by atoms with van der Waals surface area (Å²) in [5.41, 5.74) is 6.01. The lowest BCUT2D eigenvalue weighted by Gasteiger charge is -2.41. The van der Waals surface area contributed by atoms with Crippen molar-refractivity contribution in [1.82, 2.24) is 5.32 Å². The average Bonchev–Trinajstić information content (AvgIpc) is 2.36. The highest BCUT2D eigenvalue weighted by atomic mass is 16.5. The van der Waals surface area contributed by atoms with Crippen LogP contribution in [0.2, 0.25) is 0 Å². The second-order valence-corrected chi connectivity index (χ2v) is 5.08. The molecule has 0 spiro atoms. The summed E-state index contributed by atoms with van der Waals surface area (Å²) >= 11 is 0. The molecule has 1 aliphatic heterocycles. The molecular weight excluding hydrogens is 216 g/mol. The van der Waals surface area contributed by atoms with Crippen molar-refractivity contribution >= 4 is 0 Å². The molecule has 2 unspecified atom stereocenters. The quantitative estimate of drug-likeness (QED) is 0.558. The molecule has 0 bridgehead atoms. The first kappa shape index (κ1) is 14.9. The number of hydrogen-bond donors (Lipinski definition) is 3. The number of hydrogen-bond acceptors (Lipinski definition) is 4. The van der Waals surface area contributed by atoms with Crippen LogP contribution >= 0.6 is 0 Å². The molecule has 0 saturated carbocycles. The van der Waals surface area contributed by atoms with Gasteiger partial charge in [-0.3, -0.25) is 0 Å². The maximum atomic E-state index is 8.76. The molecule has 17 heavy (non-hydrogen) atoms. The summed E-state index contributed by atoms with van der Waals surface area (Å²) in [6.45, 7) is 4.90. The van der Waals surface area contributed by atoms with Gasteiger partial charge in [-0.25, -0.2) is 0 Å². The SMILES string of the molecule is CCCC1CC(CN)(NCCCCO)CCO1. The van der Waals surface area contributed by atoms with Gasteiger partial charge in [-0.15, -0.1) is 0 Å². The zero-order valence-electron chi connectivity index (χ0n) is 11.1. The van der Waals surface area contributed by atoms with Crippen molar-refractivity contribution in [3.05, 3.63) is 0 Å². The van der Waals surface area contributed by atoms with Crippen LogP contribution in [0.4, 0.5) is 0 Å². The lowest BCUT2D eigenvalue weighted by Crippen LogP contribution is -2.56. The minimum absolute atomic E-state index is 0.0630. The van der Waals surface area contributed by atoms with Crippen molar-refractivity contribution in [1.29, 1.82) is 0 Å². The van der Waals surface area contributed by atoms with E-state index < -0.39 is 0 Å². The number of ether oxygens (including phenoxy) is 1. The number of nitrogens with one attached hydrogen (secondary N) is 1. The molecule has 4 heteroatoms. The van der Waals surface area contributed by atoms with Gasteiger partial charge in [-0.1, -0.05) is 13.3 Å². The molecule has 1 saturated heterocycles. The van der Waals surface area contributed by atoms with Gasteiger partial charge in [0, 0.05) is 25.3 Å². The molecule has 4 N–H and O–H groups in total. The Morgan fingerprint density at radius 2 is 2.29 bits per heavy atom. The highest BCUT2D eigenvalue weighted by Crippen LogP contribution is 2.26. The van der Waals surface area contributed by atoms with Crippen LogP contribution in [0.15, 0.2) is 0 Å². The zero-order valence-corrected chi connectivity index (χ0v) is 11.1. The Bertz CT molecular complexity index is 200. The van der Waals surface area contributed by atoms with Crippen molar-refractivity contribution in [3.8, 4) is 0 Å². The number of aliphatic hydroxyl groups excluding tert-OH is 1. The van der Waals surface area contributed by atoms with Crippen LogP contribution in [0.5, 0.6) is 0 Å². The molecule has 1 heterocycles. The Morgan fingerprint density at radius 1 is 1.47 bits per heavy atom. The van der Waals surface area contributed by atoms with Crippen molar-refractivity contribution < 1.29 is 9.84 Å². The largest absolute Gasteiger partial charge is 0.396 e. The first-order valence-electron chi connectivity index (χ1n) is 6.94. The summed E-state index contributed by atoms with van der Waals surface area (Å²) in [5, 5.41) is 12.4. The Labute approximate surface area is 105 Å². The predicted molar refractivity (Wildman–Crippen MR) is 70.0 cm³/mol. The van der Waals surface area contributed by atoms with Crippen LogP contribution in [0.25, 0.3) is 0 Å². The van der Waals surface area contributed by atoms with Crippen LogP contribution < -0.4 is 11.1 Å². The second-order valence-electron chi connectivity index (χ2n) is 5.08. The van der Waals surface area contributed by atoms with Gasteiger partial charge in [-0.2, -0.15) is 0 Å². The van der Waals surface area contributed by atoms with E-state index in [4.69, 9.17) is 15.6 Å². The Hall–Kier alpha value is -0.160. The smallest absolute Gasteiger partial charge is 0.0593 e. The molecule has 0 amide bonds. The molecule has 0 aromatic rings. The van der Waals surface area contributed by atoms with E-state index in [-0.39, 0.29) is 12.1 Å². The normalized spacial score (nSPS) is 29.5. The van der Waals surface area contributed by atoms with E-state index in [1.807, 2.05) is 0 Å². The molecule has 0 aromatic heterocycles. The van der Waals surface area contributed by atoms with E-state index in [0.29, 0.717) is 12.6 Å². The van der Waals surface area contributed by atoms with Gasteiger partial charge in [-0.05, 0) is 38.6 Å². The first-order chi connectivity index (χ1) is 8.26. The standard InChI is InChI=1S/C13H28N2O2/c1-2-5-12-10-13(11-14,6-9-17-12)15-7-3-4-8-16/h12,15-16H,2-11,14H2,1H3. The summed E-state index contributed by atoms with van der Waals surface area (Å²) in [6.07, 6.45) is 6.55. The lowest BCUT2D eigenvalue weighted by molar-refractivity contribution is -0.0306. The van der Waals surface area contributed by atoms with E-state index in [2.05, 4.69) is 12.2 Å². The van der Waals surface area contributed by atoms with E-state index in [1.54, 1.807) is 0 Å². The molecule has 0 aliphatic carbocycles. The Kier molecular flexibility index (Phi) is 7.04. The molecule has 4 nitrogen and oxygen atoms in total. The van der Waals surface area contributed by atoms with Crippen molar-refractivity contribution in [2.24, 2.45) is 5.73 Å². The van der Waals surface area contributed by atoms with Gasteiger partial charge >= 0.3 is 0 Å². The second kappa shape index (κ2) is 8.03. The van der Waals surface area contributed by atoms with Crippen molar-refractivity contribution in [2.45, 2.75) is 57.1 Å². The van der Waals surface area contributed by atoms with Gasteiger partial charge in [0.25, 0.3) is 0 Å². The molecule has 1 aliphatic rings. The maximum Gasteiger partial charge on any atom is 0.0593 e. The number of nitrogens with two attached hydrogens (primary N) is 1. The lowest BCUT2D eigenvalue weighted by atomic mass is 9.85. The van der Waals surface area contributed by atoms with Gasteiger partial charge in [0.15, 0.2) is 0 Å². The summed E-state index contributed by atoms with van der Waals surface area (Å²) in [4.78, 5) is 0. The predicted octanol–water partition coefficient (Wildman–Crippen LogP) is 1.03. The Balaban J connectivity index is 2.37. The van der Waals surface area contributed by atoms with Crippen LogP contribution in [-0.4, -0.2) is 43.1 Å². The summed E-state index contributed by atoms with van der Waals surface area (Å²) in [5.74, 6) is 0. The maximum absolute atomic E-state index is 8.76. The number of aliphatic hydroxyl groups is 1. The van der Waals surface area contributed by atoms with Gasteiger partial charge in [0.2, 0.25) is 0 Å². The molecule has 0 radical (unpaired) electrons. The third-order valence-corrected chi connectivity index (χ3v) is 3.64. The fourth-order valence-electron chi connectivity index (χ4n) is 2.53. The van der Waals surface area contributed by atoms with Crippen LogP contribution in [0.1, 0.15) is 45.4 Å². The zero-order chi connectivity index (χ0) is 12.6. The van der Waals surface area contributed by atoms with E-state index in [1.165, 1.54) is 0 Å². The summed E-state index contributed by atoms with van der Waals surface area (Å²) < 4.78 is 5.77. The molecule has 102 valence electrons. The number of unbranched alkanes of at least 4 members (excludes halogenated alkanes) is 1. The minimum Gasteiger partial charge on any atom is -0.396 e. The van der Waals surface area contributed by atoms with Crippen LogP contribution in [0.3, 0.4) is 0 Å². The number of rotatable bonds is 8. The van der Waals surface area contributed by atoms with E-state index in [9.17, 15) is 0 Å². The summed E-state index contributed by atoms with van der Waals surface area (Å²) in [7, 11) is 0. The van der Waals surface area contributed by atoms with Gasteiger partial charge in [0.05, 0.1) is 6.10 Å². The third kappa shape index (κ3) is 4.92. The summed E-state index contributed by atoms with van der Waals surface area (Å²) in [6, 6.07) is 0. The highest BCUT2D eigenvalue weighted by Gasteiger charge is 2.34. The molecule has 1 fully saturated rings. The highest BCUT2D eigenvalue weighted by molar-refractivity contribution is 4.94. The monoisotopic (exact) mass is 244 g/mol. The van der Waals surface area contributed by atoms with Crippen LogP contribution in [-0.2, 0) is 4.74 Å². The van der Waals surface area contributed by atoms with Gasteiger partial charge in [0.1, 0.15) is 0 Å². The van der Waals surface area contributed by atoms with Crippen molar-refractivity contribution in [3.63, 3.8) is 0 Å². The average molecular weight is 244 g/mol.